The molecule has 5 heteroatoms. The van der Waals surface area contributed by atoms with Gasteiger partial charge in [0, 0.05) is 24.2 Å². The number of piperidine rings is 1. The summed E-state index contributed by atoms with van der Waals surface area (Å²) in [6, 6.07) is 4.71. The summed E-state index contributed by atoms with van der Waals surface area (Å²) < 4.78 is 0. The van der Waals surface area contributed by atoms with Crippen LogP contribution in [0, 0.1) is 0 Å². The monoisotopic (exact) mass is 286 g/mol. The summed E-state index contributed by atoms with van der Waals surface area (Å²) in [4.78, 5) is 6.54. The van der Waals surface area contributed by atoms with Crippen LogP contribution in [0.5, 0.6) is 0 Å². The average Bonchev–Trinajstić information content (AvgIpc) is 2.56. The van der Waals surface area contributed by atoms with Crippen LogP contribution < -0.4 is 0 Å². The zero-order valence-corrected chi connectivity index (χ0v) is 11.5. The lowest BCUT2D eigenvalue weighted by atomic mass is 9.99. The van der Waals surface area contributed by atoms with Gasteiger partial charge in [-0.2, -0.15) is 0 Å². The Morgan fingerprint density at radius 3 is 2.50 bits per heavy atom. The molecule has 2 unspecified atom stereocenters. The first-order valence-electron chi connectivity index (χ1n) is 6.38. The second-order valence-electron chi connectivity index (χ2n) is 5.27. The third kappa shape index (κ3) is 2.37. The van der Waals surface area contributed by atoms with E-state index in [9.17, 15) is 5.11 Å². The maximum Gasteiger partial charge on any atom is 0.135 e. The van der Waals surface area contributed by atoms with E-state index in [2.05, 4.69) is 9.88 Å². The van der Waals surface area contributed by atoms with E-state index < -0.39 is 0 Å². The Morgan fingerprint density at radius 1 is 1.22 bits per heavy atom. The number of aromatic nitrogens is 1. The Bertz CT molecular complexity index is 441. The molecule has 0 aliphatic carbocycles. The number of aliphatic hydroxyl groups is 1. The van der Waals surface area contributed by atoms with E-state index in [1.54, 1.807) is 6.07 Å². The predicted molar refractivity (Wildman–Crippen MR) is 71.9 cm³/mol. The van der Waals surface area contributed by atoms with Crippen molar-refractivity contribution in [1.82, 2.24) is 9.88 Å². The molecule has 1 N–H and O–H groups in total. The number of fused-ring (bicyclic) bond motifs is 2. The fourth-order valence-corrected chi connectivity index (χ4v) is 3.66. The third-order valence-electron chi connectivity index (χ3n) is 4.10. The van der Waals surface area contributed by atoms with Crippen LogP contribution in [-0.4, -0.2) is 33.2 Å². The van der Waals surface area contributed by atoms with Crippen molar-refractivity contribution in [3.05, 3.63) is 28.0 Å². The molecule has 0 saturated carbocycles. The largest absolute Gasteiger partial charge is 0.393 e. The van der Waals surface area contributed by atoms with Gasteiger partial charge >= 0.3 is 0 Å². The first kappa shape index (κ1) is 12.7. The second-order valence-corrected chi connectivity index (χ2v) is 6.01. The van der Waals surface area contributed by atoms with E-state index >= 15 is 0 Å². The van der Waals surface area contributed by atoms with Crippen molar-refractivity contribution in [3.63, 3.8) is 0 Å². The molecule has 2 fully saturated rings. The van der Waals surface area contributed by atoms with Crippen molar-refractivity contribution in [1.29, 1.82) is 0 Å². The number of hydrogen-bond acceptors (Lipinski definition) is 3. The molecule has 18 heavy (non-hydrogen) atoms. The van der Waals surface area contributed by atoms with Gasteiger partial charge in [-0.1, -0.05) is 29.3 Å². The summed E-state index contributed by atoms with van der Waals surface area (Å²) in [5, 5.41) is 10.7. The SMILES string of the molecule is OC1CC2CCC(C1)N2Cc1ccc(Cl)nc1Cl. The Hall–Kier alpha value is -0.350. The fourth-order valence-electron chi connectivity index (χ4n) is 3.26. The summed E-state index contributed by atoms with van der Waals surface area (Å²) >= 11 is 11.9. The summed E-state index contributed by atoms with van der Waals surface area (Å²) in [6.45, 7) is 0.811. The normalized spacial score (nSPS) is 31.8. The van der Waals surface area contributed by atoms with Crippen molar-refractivity contribution in [2.75, 3.05) is 0 Å². The minimum Gasteiger partial charge on any atom is -0.393 e. The topological polar surface area (TPSA) is 36.4 Å². The van der Waals surface area contributed by atoms with Gasteiger partial charge in [-0.25, -0.2) is 4.98 Å². The lowest BCUT2D eigenvalue weighted by molar-refractivity contribution is 0.0310. The Morgan fingerprint density at radius 2 is 1.89 bits per heavy atom. The van der Waals surface area contributed by atoms with Gasteiger partial charge in [-0.05, 0) is 31.7 Å². The Kier molecular flexibility index (Phi) is 3.50. The molecule has 2 saturated heterocycles. The summed E-state index contributed by atoms with van der Waals surface area (Å²) in [5.41, 5.74) is 1.02. The molecule has 0 aromatic carbocycles. The average molecular weight is 287 g/mol. The molecule has 3 rings (SSSR count). The minimum absolute atomic E-state index is 0.127. The molecule has 1 aromatic heterocycles. The van der Waals surface area contributed by atoms with Crippen molar-refractivity contribution in [3.8, 4) is 0 Å². The number of aliphatic hydroxyl groups excluding tert-OH is 1. The van der Waals surface area contributed by atoms with Gasteiger partial charge in [0.2, 0.25) is 0 Å². The van der Waals surface area contributed by atoms with Gasteiger partial charge in [-0.3, -0.25) is 4.90 Å². The highest BCUT2D eigenvalue weighted by molar-refractivity contribution is 6.32. The smallest absolute Gasteiger partial charge is 0.135 e. The van der Waals surface area contributed by atoms with E-state index in [-0.39, 0.29) is 6.10 Å². The van der Waals surface area contributed by atoms with Crippen LogP contribution in [0.3, 0.4) is 0 Å². The van der Waals surface area contributed by atoms with Gasteiger partial charge in [0.05, 0.1) is 6.10 Å². The van der Waals surface area contributed by atoms with E-state index in [1.165, 1.54) is 12.8 Å². The van der Waals surface area contributed by atoms with Crippen LogP contribution in [0.4, 0.5) is 0 Å². The van der Waals surface area contributed by atoms with Crippen molar-refractivity contribution >= 4 is 23.2 Å². The lowest BCUT2D eigenvalue weighted by Crippen LogP contribution is -2.44. The highest BCUT2D eigenvalue weighted by Gasteiger charge is 2.40. The van der Waals surface area contributed by atoms with Gasteiger partial charge < -0.3 is 5.11 Å². The molecule has 3 nitrogen and oxygen atoms in total. The molecule has 2 aliphatic heterocycles. The van der Waals surface area contributed by atoms with Crippen molar-refractivity contribution in [2.45, 2.75) is 50.4 Å². The molecule has 98 valence electrons. The second kappa shape index (κ2) is 4.97. The predicted octanol–water partition coefficient (Wildman–Crippen LogP) is 2.88. The lowest BCUT2D eigenvalue weighted by Gasteiger charge is -2.37. The van der Waals surface area contributed by atoms with Gasteiger partial charge in [0.1, 0.15) is 10.3 Å². The van der Waals surface area contributed by atoms with Gasteiger partial charge in [-0.15, -0.1) is 0 Å². The zero-order valence-electron chi connectivity index (χ0n) is 10.0. The molecule has 2 aliphatic rings. The molecule has 2 atom stereocenters. The molecule has 0 radical (unpaired) electrons. The standard InChI is InChI=1S/C13H16Cl2N2O/c14-12-4-1-8(13(15)16-12)7-17-9-2-3-10(17)6-11(18)5-9/h1,4,9-11,18H,2-3,5-7H2. The number of halogens is 2. The van der Waals surface area contributed by atoms with Crippen LogP contribution in [0.25, 0.3) is 0 Å². The van der Waals surface area contributed by atoms with E-state index in [4.69, 9.17) is 23.2 Å². The summed E-state index contributed by atoms with van der Waals surface area (Å²) in [6.07, 6.45) is 4.00. The number of rotatable bonds is 2. The molecular weight excluding hydrogens is 271 g/mol. The fraction of sp³-hybridized carbons (Fsp3) is 0.615. The number of hydrogen-bond donors (Lipinski definition) is 1. The van der Waals surface area contributed by atoms with E-state index in [0.717, 1.165) is 24.9 Å². The van der Waals surface area contributed by atoms with E-state index in [1.807, 2.05) is 6.07 Å². The Balaban J connectivity index is 1.77. The zero-order chi connectivity index (χ0) is 12.7. The van der Waals surface area contributed by atoms with Crippen LogP contribution >= 0.6 is 23.2 Å². The quantitative estimate of drug-likeness (QED) is 0.850. The molecular formula is C13H16Cl2N2O. The van der Waals surface area contributed by atoms with Crippen LogP contribution in [0.2, 0.25) is 10.3 Å². The van der Waals surface area contributed by atoms with E-state index in [0.29, 0.717) is 22.4 Å². The van der Waals surface area contributed by atoms with Crippen LogP contribution in [0.15, 0.2) is 12.1 Å². The maximum atomic E-state index is 9.78. The number of pyridine rings is 1. The first-order valence-corrected chi connectivity index (χ1v) is 7.14. The minimum atomic E-state index is -0.127. The van der Waals surface area contributed by atoms with Crippen molar-refractivity contribution < 1.29 is 5.11 Å². The molecule has 3 heterocycles. The van der Waals surface area contributed by atoms with Gasteiger partial charge in [0.15, 0.2) is 0 Å². The van der Waals surface area contributed by atoms with Crippen LogP contribution in [0.1, 0.15) is 31.2 Å². The molecule has 0 spiro atoms. The van der Waals surface area contributed by atoms with Gasteiger partial charge in [0.25, 0.3) is 0 Å². The highest BCUT2D eigenvalue weighted by Crippen LogP contribution is 2.37. The van der Waals surface area contributed by atoms with Crippen molar-refractivity contribution in [2.24, 2.45) is 0 Å². The maximum absolute atomic E-state index is 9.78. The summed E-state index contributed by atoms with van der Waals surface area (Å²) in [7, 11) is 0. The van der Waals surface area contributed by atoms with Crippen LogP contribution in [-0.2, 0) is 6.54 Å². The summed E-state index contributed by atoms with van der Waals surface area (Å²) in [5.74, 6) is 0. The third-order valence-corrected chi connectivity index (χ3v) is 4.64. The molecule has 0 amide bonds. The highest BCUT2D eigenvalue weighted by atomic mass is 35.5. The molecule has 2 bridgehead atoms. The first-order chi connectivity index (χ1) is 8.63. The Labute approximate surface area is 117 Å². The number of nitrogens with zero attached hydrogens (tertiary/aromatic N) is 2. The molecule has 1 aromatic rings.